The number of amides is 2. The minimum Gasteiger partial charge on any atom is -0.366 e. The Kier molecular flexibility index (Phi) is 6.33. The number of rotatable bonds is 7. The Morgan fingerprint density at radius 1 is 1.17 bits per heavy atom. The van der Waals surface area contributed by atoms with Crippen LogP contribution in [-0.4, -0.2) is 44.8 Å². The summed E-state index contributed by atoms with van der Waals surface area (Å²) in [7, 11) is -3.63. The molecule has 0 atom stereocenters. The SMILES string of the molecule is NC(=O)c1ccc(S(=O)(=O)NCCCN2CCCCCC2=O)cc1. The van der Waals surface area contributed by atoms with Crippen LogP contribution in [0.2, 0.25) is 0 Å². The second kappa shape index (κ2) is 8.25. The number of primary amides is 1. The lowest BCUT2D eigenvalue weighted by atomic mass is 10.2. The molecule has 1 aliphatic heterocycles. The van der Waals surface area contributed by atoms with E-state index in [2.05, 4.69) is 4.72 Å². The zero-order valence-electron chi connectivity index (χ0n) is 13.5. The van der Waals surface area contributed by atoms with Crippen LogP contribution in [0, 0.1) is 0 Å². The second-order valence-electron chi connectivity index (χ2n) is 5.83. The molecular weight excluding hydrogens is 330 g/mol. The number of carbonyl (C=O) groups excluding carboxylic acids is 2. The van der Waals surface area contributed by atoms with Gasteiger partial charge in [-0.25, -0.2) is 13.1 Å². The van der Waals surface area contributed by atoms with E-state index < -0.39 is 15.9 Å². The average molecular weight is 353 g/mol. The third-order valence-electron chi connectivity index (χ3n) is 4.02. The Labute approximate surface area is 142 Å². The maximum Gasteiger partial charge on any atom is 0.248 e. The monoisotopic (exact) mass is 353 g/mol. The van der Waals surface area contributed by atoms with Crippen molar-refractivity contribution in [2.24, 2.45) is 5.73 Å². The van der Waals surface area contributed by atoms with Crippen LogP contribution >= 0.6 is 0 Å². The van der Waals surface area contributed by atoms with Crippen LogP contribution in [0.4, 0.5) is 0 Å². The fourth-order valence-corrected chi connectivity index (χ4v) is 3.71. The highest BCUT2D eigenvalue weighted by atomic mass is 32.2. The molecule has 0 aliphatic carbocycles. The fraction of sp³-hybridized carbons (Fsp3) is 0.500. The molecule has 1 fully saturated rings. The predicted molar refractivity (Wildman–Crippen MR) is 89.8 cm³/mol. The van der Waals surface area contributed by atoms with Gasteiger partial charge in [0.25, 0.3) is 0 Å². The van der Waals surface area contributed by atoms with E-state index in [4.69, 9.17) is 5.73 Å². The quantitative estimate of drug-likeness (QED) is 0.708. The van der Waals surface area contributed by atoms with E-state index in [9.17, 15) is 18.0 Å². The molecule has 0 unspecified atom stereocenters. The molecule has 0 aromatic heterocycles. The molecule has 2 rings (SSSR count). The first-order valence-electron chi connectivity index (χ1n) is 8.07. The van der Waals surface area contributed by atoms with Crippen LogP contribution in [0.1, 0.15) is 42.5 Å². The summed E-state index contributed by atoms with van der Waals surface area (Å²) in [6.45, 7) is 1.56. The average Bonchev–Trinajstić information content (AvgIpc) is 2.76. The first-order valence-corrected chi connectivity index (χ1v) is 9.56. The first kappa shape index (κ1) is 18.4. The molecule has 132 valence electrons. The lowest BCUT2D eigenvalue weighted by Gasteiger charge is -2.20. The smallest absolute Gasteiger partial charge is 0.248 e. The molecular formula is C16H23N3O4S. The number of benzene rings is 1. The van der Waals surface area contributed by atoms with Gasteiger partial charge in [0.1, 0.15) is 0 Å². The third-order valence-corrected chi connectivity index (χ3v) is 5.49. The second-order valence-corrected chi connectivity index (χ2v) is 7.60. The Morgan fingerprint density at radius 3 is 2.54 bits per heavy atom. The van der Waals surface area contributed by atoms with Crippen LogP contribution in [0.5, 0.6) is 0 Å². The normalized spacial score (nSPS) is 16.0. The molecule has 0 saturated carbocycles. The molecule has 0 spiro atoms. The number of nitrogens with two attached hydrogens (primary N) is 1. The van der Waals surface area contributed by atoms with Crippen LogP contribution in [0.25, 0.3) is 0 Å². The summed E-state index contributed by atoms with van der Waals surface area (Å²) in [4.78, 5) is 24.8. The van der Waals surface area contributed by atoms with E-state index >= 15 is 0 Å². The van der Waals surface area contributed by atoms with E-state index in [-0.39, 0.29) is 22.9 Å². The molecule has 2 amide bonds. The summed E-state index contributed by atoms with van der Waals surface area (Å²) in [5.74, 6) is -0.452. The van der Waals surface area contributed by atoms with Crippen LogP contribution in [-0.2, 0) is 14.8 Å². The molecule has 1 aromatic carbocycles. The molecule has 24 heavy (non-hydrogen) atoms. The molecule has 1 saturated heterocycles. The highest BCUT2D eigenvalue weighted by Gasteiger charge is 2.17. The molecule has 1 aliphatic rings. The summed E-state index contributed by atoms with van der Waals surface area (Å²) in [5, 5.41) is 0. The molecule has 1 aromatic rings. The number of carbonyl (C=O) groups is 2. The van der Waals surface area contributed by atoms with Gasteiger partial charge in [0.05, 0.1) is 4.90 Å². The molecule has 0 bridgehead atoms. The molecule has 0 radical (unpaired) electrons. The number of nitrogens with zero attached hydrogens (tertiary/aromatic N) is 1. The Hall–Kier alpha value is -1.93. The number of nitrogens with one attached hydrogen (secondary N) is 1. The van der Waals surface area contributed by atoms with Crippen LogP contribution in [0.3, 0.4) is 0 Å². The number of hydrogen-bond acceptors (Lipinski definition) is 4. The number of likely N-dealkylation sites (tertiary alicyclic amines) is 1. The van der Waals surface area contributed by atoms with Crippen molar-refractivity contribution >= 4 is 21.8 Å². The lowest BCUT2D eigenvalue weighted by Crippen LogP contribution is -2.34. The minimum absolute atomic E-state index is 0.0818. The van der Waals surface area contributed by atoms with Gasteiger partial charge in [-0.2, -0.15) is 0 Å². The summed E-state index contributed by atoms with van der Waals surface area (Å²) >= 11 is 0. The summed E-state index contributed by atoms with van der Waals surface area (Å²) in [5.41, 5.74) is 5.39. The van der Waals surface area contributed by atoms with Gasteiger partial charge in [-0.15, -0.1) is 0 Å². The van der Waals surface area contributed by atoms with Crippen molar-refractivity contribution in [1.29, 1.82) is 0 Å². The highest BCUT2D eigenvalue weighted by molar-refractivity contribution is 7.89. The van der Waals surface area contributed by atoms with E-state index in [0.29, 0.717) is 19.4 Å². The van der Waals surface area contributed by atoms with Crippen molar-refractivity contribution in [3.8, 4) is 0 Å². The van der Waals surface area contributed by atoms with Crippen molar-refractivity contribution in [2.45, 2.75) is 37.0 Å². The Bertz CT molecular complexity index is 686. The molecule has 3 N–H and O–H groups in total. The first-order chi connectivity index (χ1) is 11.4. The third kappa shape index (κ3) is 5.04. The van der Waals surface area contributed by atoms with Gasteiger partial charge in [-0.05, 0) is 43.5 Å². The fourth-order valence-electron chi connectivity index (χ4n) is 2.63. The van der Waals surface area contributed by atoms with Crippen molar-refractivity contribution in [1.82, 2.24) is 9.62 Å². The standard InChI is InChI=1S/C16H23N3O4S/c17-16(21)13-6-8-14(9-7-13)24(22,23)18-10-4-12-19-11-3-1-2-5-15(19)20/h6-9,18H,1-5,10-12H2,(H2,17,21). The highest BCUT2D eigenvalue weighted by Crippen LogP contribution is 2.12. The van der Waals surface area contributed by atoms with Gasteiger partial charge in [0, 0.05) is 31.6 Å². The number of hydrogen-bond donors (Lipinski definition) is 2. The van der Waals surface area contributed by atoms with Gasteiger partial charge < -0.3 is 10.6 Å². The van der Waals surface area contributed by atoms with Crippen molar-refractivity contribution in [3.05, 3.63) is 29.8 Å². The number of sulfonamides is 1. The predicted octanol–water partition coefficient (Wildman–Crippen LogP) is 0.857. The van der Waals surface area contributed by atoms with E-state index in [1.54, 1.807) is 0 Å². The Balaban J connectivity index is 1.84. The van der Waals surface area contributed by atoms with Gasteiger partial charge in [0.15, 0.2) is 0 Å². The van der Waals surface area contributed by atoms with Crippen molar-refractivity contribution < 1.29 is 18.0 Å². The lowest BCUT2D eigenvalue weighted by molar-refractivity contribution is -0.130. The molecule has 8 heteroatoms. The van der Waals surface area contributed by atoms with E-state index in [1.807, 2.05) is 4.90 Å². The van der Waals surface area contributed by atoms with Gasteiger partial charge in [-0.3, -0.25) is 9.59 Å². The largest absolute Gasteiger partial charge is 0.366 e. The van der Waals surface area contributed by atoms with Crippen LogP contribution in [0.15, 0.2) is 29.2 Å². The van der Waals surface area contributed by atoms with Crippen LogP contribution < -0.4 is 10.5 Å². The molecule has 7 nitrogen and oxygen atoms in total. The van der Waals surface area contributed by atoms with Gasteiger partial charge >= 0.3 is 0 Å². The zero-order chi connectivity index (χ0) is 17.6. The van der Waals surface area contributed by atoms with Gasteiger partial charge in [0.2, 0.25) is 21.8 Å². The van der Waals surface area contributed by atoms with E-state index in [1.165, 1.54) is 24.3 Å². The zero-order valence-corrected chi connectivity index (χ0v) is 14.3. The van der Waals surface area contributed by atoms with Crippen molar-refractivity contribution in [3.63, 3.8) is 0 Å². The maximum atomic E-state index is 12.2. The summed E-state index contributed by atoms with van der Waals surface area (Å²) < 4.78 is 26.9. The van der Waals surface area contributed by atoms with Gasteiger partial charge in [-0.1, -0.05) is 6.42 Å². The maximum absolute atomic E-state index is 12.2. The van der Waals surface area contributed by atoms with E-state index in [0.717, 1.165) is 25.8 Å². The van der Waals surface area contributed by atoms with Crippen molar-refractivity contribution in [2.75, 3.05) is 19.6 Å². The minimum atomic E-state index is -3.63. The summed E-state index contributed by atoms with van der Waals surface area (Å²) in [6, 6.07) is 5.46. The molecule has 1 heterocycles. The summed E-state index contributed by atoms with van der Waals surface area (Å²) in [6.07, 6.45) is 4.14. The topological polar surface area (TPSA) is 110 Å². The Morgan fingerprint density at radius 2 is 1.88 bits per heavy atom.